The molecular weight excluding hydrogens is 307 g/mol. The fourth-order valence-corrected chi connectivity index (χ4v) is 3.56. The summed E-state index contributed by atoms with van der Waals surface area (Å²) in [5.41, 5.74) is 5.71. The van der Waals surface area contributed by atoms with Crippen LogP contribution in [0.4, 0.5) is 10.1 Å². The Balaban J connectivity index is 2.96. The van der Waals surface area contributed by atoms with Gasteiger partial charge in [0.05, 0.1) is 5.75 Å². The van der Waals surface area contributed by atoms with Crippen LogP contribution in [0.2, 0.25) is 0 Å². The summed E-state index contributed by atoms with van der Waals surface area (Å²) in [6.45, 7) is 2.54. The molecule has 0 aromatic heterocycles. The lowest BCUT2D eigenvalue weighted by Gasteiger charge is -2.10. The van der Waals surface area contributed by atoms with Crippen LogP contribution in [0.15, 0.2) is 17.0 Å². The maximum absolute atomic E-state index is 13.8. The van der Waals surface area contributed by atoms with Crippen molar-refractivity contribution < 1.29 is 21.2 Å². The molecule has 0 aliphatic heterocycles. The van der Waals surface area contributed by atoms with Crippen LogP contribution in [0.1, 0.15) is 12.5 Å². The molecule has 0 fully saturated rings. The Morgan fingerprint density at radius 3 is 2.40 bits per heavy atom. The van der Waals surface area contributed by atoms with Gasteiger partial charge in [0.15, 0.2) is 9.84 Å². The minimum Gasteiger partial charge on any atom is -0.399 e. The molecule has 114 valence electrons. The van der Waals surface area contributed by atoms with E-state index >= 15 is 0 Å². The zero-order valence-corrected chi connectivity index (χ0v) is 12.8. The summed E-state index contributed by atoms with van der Waals surface area (Å²) >= 11 is 0. The van der Waals surface area contributed by atoms with Crippen molar-refractivity contribution in [2.45, 2.75) is 18.7 Å². The summed E-state index contributed by atoms with van der Waals surface area (Å²) in [5, 5.41) is 0. The van der Waals surface area contributed by atoms with Gasteiger partial charge in [-0.15, -0.1) is 0 Å². The van der Waals surface area contributed by atoms with Gasteiger partial charge in [0.1, 0.15) is 10.7 Å². The number of halogens is 1. The minimum absolute atomic E-state index is 0.0829. The second-order valence-corrected chi connectivity index (χ2v) is 8.49. The molecular formula is C11H17FN2O4S2. The quantitative estimate of drug-likeness (QED) is 0.738. The number of nitrogen functional groups attached to an aromatic ring is 1. The van der Waals surface area contributed by atoms with Crippen molar-refractivity contribution in [3.63, 3.8) is 0 Å². The molecule has 0 bridgehead atoms. The van der Waals surface area contributed by atoms with Crippen molar-refractivity contribution >= 4 is 25.5 Å². The highest BCUT2D eigenvalue weighted by Gasteiger charge is 2.21. The Hall–Kier alpha value is -1.19. The highest BCUT2D eigenvalue weighted by molar-refractivity contribution is 7.91. The van der Waals surface area contributed by atoms with Crippen LogP contribution in [0, 0.1) is 12.7 Å². The molecule has 1 aromatic carbocycles. The van der Waals surface area contributed by atoms with E-state index in [9.17, 15) is 21.2 Å². The van der Waals surface area contributed by atoms with Gasteiger partial charge in [-0.25, -0.2) is 25.9 Å². The lowest BCUT2D eigenvalue weighted by molar-refractivity contribution is 0.554. The van der Waals surface area contributed by atoms with Gasteiger partial charge >= 0.3 is 0 Å². The predicted molar refractivity (Wildman–Crippen MR) is 75.1 cm³/mol. The van der Waals surface area contributed by atoms with Crippen LogP contribution in [-0.2, 0) is 19.9 Å². The number of hydrogen-bond donors (Lipinski definition) is 2. The first-order valence-corrected chi connectivity index (χ1v) is 9.15. The van der Waals surface area contributed by atoms with Crippen LogP contribution < -0.4 is 10.5 Å². The molecule has 0 aliphatic carbocycles. The van der Waals surface area contributed by atoms with Crippen molar-refractivity contribution in [2.75, 3.05) is 23.8 Å². The van der Waals surface area contributed by atoms with Gasteiger partial charge in [0.2, 0.25) is 10.0 Å². The molecule has 0 heterocycles. The van der Waals surface area contributed by atoms with E-state index in [4.69, 9.17) is 5.73 Å². The third-order valence-corrected chi connectivity index (χ3v) is 5.84. The maximum atomic E-state index is 13.8. The topological polar surface area (TPSA) is 106 Å². The number of benzene rings is 1. The Morgan fingerprint density at radius 1 is 1.25 bits per heavy atom. The van der Waals surface area contributed by atoms with E-state index in [2.05, 4.69) is 4.72 Å². The number of rotatable bonds is 6. The number of anilines is 1. The number of hydrogen-bond acceptors (Lipinski definition) is 5. The molecule has 0 spiro atoms. The molecule has 0 aliphatic rings. The smallest absolute Gasteiger partial charge is 0.243 e. The first kappa shape index (κ1) is 16.9. The summed E-state index contributed by atoms with van der Waals surface area (Å²) in [4.78, 5) is -0.580. The van der Waals surface area contributed by atoms with Gasteiger partial charge in [-0.1, -0.05) is 6.92 Å². The summed E-state index contributed by atoms with van der Waals surface area (Å²) in [5.74, 6) is -1.32. The lowest BCUT2D eigenvalue weighted by Crippen LogP contribution is -2.30. The monoisotopic (exact) mass is 324 g/mol. The molecule has 0 saturated heterocycles. The third-order valence-electron chi connectivity index (χ3n) is 2.68. The van der Waals surface area contributed by atoms with E-state index in [1.54, 1.807) is 0 Å². The fourth-order valence-electron chi connectivity index (χ4n) is 1.51. The van der Waals surface area contributed by atoms with E-state index in [1.807, 2.05) is 0 Å². The molecule has 0 radical (unpaired) electrons. The summed E-state index contributed by atoms with van der Waals surface area (Å²) in [7, 11) is -7.43. The lowest BCUT2D eigenvalue weighted by atomic mass is 10.2. The normalized spacial score (nSPS) is 12.6. The number of sulfonamides is 1. The van der Waals surface area contributed by atoms with Gasteiger partial charge < -0.3 is 5.73 Å². The molecule has 0 amide bonds. The van der Waals surface area contributed by atoms with Crippen LogP contribution in [-0.4, -0.2) is 34.9 Å². The van der Waals surface area contributed by atoms with Crippen LogP contribution in [0.25, 0.3) is 0 Å². The minimum atomic E-state index is -4.14. The zero-order valence-electron chi connectivity index (χ0n) is 11.2. The summed E-state index contributed by atoms with van der Waals surface area (Å²) < 4.78 is 62.3. The van der Waals surface area contributed by atoms with Crippen molar-refractivity contribution in [1.29, 1.82) is 0 Å². The van der Waals surface area contributed by atoms with Crippen molar-refractivity contribution in [2.24, 2.45) is 0 Å². The van der Waals surface area contributed by atoms with Crippen LogP contribution in [0.3, 0.4) is 0 Å². The molecule has 0 unspecified atom stereocenters. The number of nitrogens with one attached hydrogen (secondary N) is 1. The van der Waals surface area contributed by atoms with Gasteiger partial charge in [-0.05, 0) is 24.6 Å². The molecule has 6 nitrogen and oxygen atoms in total. The number of nitrogens with two attached hydrogens (primary N) is 1. The molecule has 1 rings (SSSR count). The van der Waals surface area contributed by atoms with E-state index in [-0.39, 0.29) is 29.3 Å². The molecule has 0 atom stereocenters. The Morgan fingerprint density at radius 2 is 1.85 bits per heavy atom. The largest absolute Gasteiger partial charge is 0.399 e. The van der Waals surface area contributed by atoms with E-state index < -0.39 is 30.6 Å². The maximum Gasteiger partial charge on any atom is 0.243 e. The summed E-state index contributed by atoms with van der Waals surface area (Å²) in [6, 6.07) is 2.31. The standard InChI is InChI=1S/C11H17FN2O4S2/c1-3-19(15,16)5-4-14-20(17,18)10-7-9(13)6-8(2)11(10)12/h6-7,14H,3-5,13H2,1-2H3. The number of aryl methyl sites for hydroxylation is 1. The van der Waals surface area contributed by atoms with Gasteiger partial charge in [-0.2, -0.15) is 0 Å². The van der Waals surface area contributed by atoms with Gasteiger partial charge in [-0.3, -0.25) is 0 Å². The highest BCUT2D eigenvalue weighted by atomic mass is 32.2. The molecule has 0 saturated carbocycles. The van der Waals surface area contributed by atoms with E-state index in [0.717, 1.165) is 6.07 Å². The Labute approximate surface area is 118 Å². The van der Waals surface area contributed by atoms with Gasteiger partial charge in [0, 0.05) is 18.0 Å². The molecule has 1 aromatic rings. The van der Waals surface area contributed by atoms with E-state index in [1.165, 1.54) is 19.9 Å². The van der Waals surface area contributed by atoms with Crippen molar-refractivity contribution in [1.82, 2.24) is 4.72 Å². The van der Waals surface area contributed by atoms with Crippen LogP contribution >= 0.6 is 0 Å². The predicted octanol–water partition coefficient (Wildman–Crippen LogP) is 0.429. The molecule has 20 heavy (non-hydrogen) atoms. The number of sulfone groups is 1. The summed E-state index contributed by atoms with van der Waals surface area (Å²) in [6.07, 6.45) is 0. The Kier molecular flexibility index (Phi) is 5.11. The first-order chi connectivity index (χ1) is 9.09. The SMILES string of the molecule is CCS(=O)(=O)CCNS(=O)(=O)c1cc(N)cc(C)c1F. The Bertz CT molecular complexity index is 699. The van der Waals surface area contributed by atoms with Gasteiger partial charge in [0.25, 0.3) is 0 Å². The fraction of sp³-hybridized carbons (Fsp3) is 0.455. The second kappa shape index (κ2) is 6.06. The average molecular weight is 324 g/mol. The first-order valence-electron chi connectivity index (χ1n) is 5.85. The molecule has 9 heteroatoms. The average Bonchev–Trinajstić information content (AvgIpc) is 2.33. The zero-order chi connectivity index (χ0) is 15.6. The van der Waals surface area contributed by atoms with E-state index in [0.29, 0.717) is 0 Å². The molecule has 3 N–H and O–H groups in total. The second-order valence-electron chi connectivity index (χ2n) is 4.28. The van der Waals surface area contributed by atoms with Crippen LogP contribution in [0.5, 0.6) is 0 Å². The van der Waals surface area contributed by atoms with Crippen molar-refractivity contribution in [3.8, 4) is 0 Å². The third kappa shape index (κ3) is 4.15. The van der Waals surface area contributed by atoms with Crippen molar-refractivity contribution in [3.05, 3.63) is 23.5 Å². The highest BCUT2D eigenvalue weighted by Crippen LogP contribution is 2.21.